The molecule has 1 saturated heterocycles. The van der Waals surface area contributed by atoms with Gasteiger partial charge in [-0.05, 0) is 49.8 Å². The number of amides is 1. The molecule has 0 unspecified atom stereocenters. The van der Waals surface area contributed by atoms with Crippen LogP contribution in [0.25, 0.3) is 0 Å². The van der Waals surface area contributed by atoms with Crippen LogP contribution in [0.1, 0.15) is 43.2 Å². The van der Waals surface area contributed by atoms with Gasteiger partial charge in [-0.1, -0.05) is 54.4 Å². The summed E-state index contributed by atoms with van der Waals surface area (Å²) in [6.45, 7) is 1.99. The number of hydrogen-bond acceptors (Lipinski definition) is 5. The Hall–Kier alpha value is -2.67. The number of carbonyl (C=O) groups excluding carboxylic acids is 2. The molecule has 1 aliphatic heterocycles. The van der Waals surface area contributed by atoms with Gasteiger partial charge >= 0.3 is 5.97 Å². The maximum absolute atomic E-state index is 13.4. The molecule has 31 heavy (non-hydrogen) atoms. The first-order chi connectivity index (χ1) is 14.9. The zero-order valence-corrected chi connectivity index (χ0v) is 18.4. The van der Waals surface area contributed by atoms with Crippen molar-refractivity contribution in [2.45, 2.75) is 56.6 Å². The molecule has 1 aliphatic carbocycles. The average Bonchev–Trinajstić information content (AvgIpc) is 3.22. The van der Waals surface area contributed by atoms with Crippen LogP contribution in [0.4, 0.5) is 0 Å². The van der Waals surface area contributed by atoms with Crippen LogP contribution in [0.5, 0.6) is 0 Å². The summed E-state index contributed by atoms with van der Waals surface area (Å²) in [6, 6.07) is 15.0. The van der Waals surface area contributed by atoms with Gasteiger partial charge in [0.2, 0.25) is 5.91 Å². The molecule has 0 bridgehead atoms. The van der Waals surface area contributed by atoms with Gasteiger partial charge in [0, 0.05) is 5.92 Å². The van der Waals surface area contributed by atoms with E-state index >= 15 is 0 Å². The van der Waals surface area contributed by atoms with E-state index in [0.717, 1.165) is 28.3 Å². The summed E-state index contributed by atoms with van der Waals surface area (Å²) < 4.78 is 33.2. The van der Waals surface area contributed by atoms with Crippen molar-refractivity contribution in [1.82, 2.24) is 4.31 Å². The zero-order chi connectivity index (χ0) is 22.0. The number of benzene rings is 2. The summed E-state index contributed by atoms with van der Waals surface area (Å²) >= 11 is 0. The number of hydrogen-bond donors (Lipinski definition) is 0. The van der Waals surface area contributed by atoms with Crippen molar-refractivity contribution in [2.24, 2.45) is 11.8 Å². The smallest absolute Gasteiger partial charge is 0.308 e. The third-order valence-corrected chi connectivity index (χ3v) is 8.19. The SMILES string of the molecule is Cc1ccc(S(=O)(=O)N2C(=O)[C@H]3CCC[C@H]3C[C@@H]2CC(=O)OCc2ccccc2)cc1. The number of sulfonamides is 1. The predicted octanol–water partition coefficient (Wildman–Crippen LogP) is 3.83. The van der Waals surface area contributed by atoms with Gasteiger partial charge in [0.05, 0.1) is 17.4 Å². The number of carbonyl (C=O) groups is 2. The molecule has 0 spiro atoms. The van der Waals surface area contributed by atoms with Crippen LogP contribution in [0.3, 0.4) is 0 Å². The lowest BCUT2D eigenvalue weighted by atomic mass is 9.84. The van der Waals surface area contributed by atoms with Gasteiger partial charge in [-0.2, -0.15) is 0 Å². The fourth-order valence-electron chi connectivity index (χ4n) is 4.73. The largest absolute Gasteiger partial charge is 0.461 e. The topological polar surface area (TPSA) is 80.8 Å². The molecule has 2 aromatic rings. The third kappa shape index (κ3) is 4.51. The second-order valence-corrected chi connectivity index (χ2v) is 10.3. The van der Waals surface area contributed by atoms with Crippen molar-refractivity contribution in [3.8, 4) is 0 Å². The van der Waals surface area contributed by atoms with Gasteiger partial charge in [0.25, 0.3) is 10.0 Å². The van der Waals surface area contributed by atoms with E-state index in [4.69, 9.17) is 4.74 Å². The lowest BCUT2D eigenvalue weighted by Crippen LogP contribution is -2.53. The summed E-state index contributed by atoms with van der Waals surface area (Å²) in [5.41, 5.74) is 1.79. The highest BCUT2D eigenvalue weighted by atomic mass is 32.2. The normalized spacial score (nSPS) is 23.5. The molecule has 0 radical (unpaired) electrons. The van der Waals surface area contributed by atoms with Gasteiger partial charge in [0.1, 0.15) is 6.61 Å². The molecule has 2 aliphatic rings. The van der Waals surface area contributed by atoms with Gasteiger partial charge in [-0.15, -0.1) is 0 Å². The number of fused-ring (bicyclic) bond motifs is 1. The van der Waals surface area contributed by atoms with Gasteiger partial charge in [-0.3, -0.25) is 9.59 Å². The first-order valence-corrected chi connectivity index (χ1v) is 12.1. The van der Waals surface area contributed by atoms with Crippen LogP contribution < -0.4 is 0 Å². The number of rotatable bonds is 6. The molecule has 3 atom stereocenters. The first-order valence-electron chi connectivity index (χ1n) is 10.7. The second-order valence-electron chi connectivity index (χ2n) is 8.49. The Labute approximate surface area is 183 Å². The zero-order valence-electron chi connectivity index (χ0n) is 17.6. The molecule has 0 N–H and O–H groups in total. The van der Waals surface area contributed by atoms with Crippen molar-refractivity contribution < 1.29 is 22.7 Å². The number of ether oxygens (including phenoxy) is 1. The third-order valence-electron chi connectivity index (χ3n) is 6.32. The van der Waals surface area contributed by atoms with Gasteiger partial charge in [0.15, 0.2) is 0 Å². The average molecular weight is 442 g/mol. The lowest BCUT2D eigenvalue weighted by molar-refractivity contribution is -0.148. The number of piperidine rings is 1. The van der Waals surface area contributed by atoms with Crippen LogP contribution in [0, 0.1) is 18.8 Å². The minimum atomic E-state index is -4.05. The van der Waals surface area contributed by atoms with Gasteiger partial charge in [-0.25, -0.2) is 12.7 Å². The van der Waals surface area contributed by atoms with Crippen LogP contribution in [-0.2, 0) is 31.0 Å². The molecule has 4 rings (SSSR count). The Morgan fingerprint density at radius 1 is 1.06 bits per heavy atom. The van der Waals surface area contributed by atoms with Crippen molar-refractivity contribution in [3.05, 3.63) is 65.7 Å². The molecule has 0 aromatic heterocycles. The Kier molecular flexibility index (Phi) is 6.14. The fraction of sp³-hybridized carbons (Fsp3) is 0.417. The summed E-state index contributed by atoms with van der Waals surface area (Å²) in [6.07, 6.45) is 2.87. The standard InChI is InChI=1S/C24H27NO5S/c1-17-10-12-21(13-11-17)31(28,29)25-20(14-19-8-5-9-22(19)24(25)27)15-23(26)30-16-18-6-3-2-4-7-18/h2-4,6-7,10-13,19-20,22H,5,8-9,14-16H2,1H3/t19-,20+,22-/m0/s1. The molecule has 7 heteroatoms. The van der Waals surface area contributed by atoms with E-state index in [1.165, 1.54) is 12.1 Å². The van der Waals surface area contributed by atoms with Crippen LogP contribution >= 0.6 is 0 Å². The van der Waals surface area contributed by atoms with E-state index in [-0.39, 0.29) is 35.7 Å². The maximum Gasteiger partial charge on any atom is 0.308 e. The Bertz CT molecular complexity index is 1050. The van der Waals surface area contributed by atoms with E-state index in [9.17, 15) is 18.0 Å². The monoisotopic (exact) mass is 441 g/mol. The molecular weight excluding hydrogens is 414 g/mol. The molecule has 2 fully saturated rings. The van der Waals surface area contributed by atoms with Crippen molar-refractivity contribution in [2.75, 3.05) is 0 Å². The van der Waals surface area contributed by atoms with Crippen LogP contribution in [0.15, 0.2) is 59.5 Å². The highest BCUT2D eigenvalue weighted by Crippen LogP contribution is 2.43. The Balaban J connectivity index is 1.56. The molecule has 1 amide bonds. The lowest BCUT2D eigenvalue weighted by Gasteiger charge is -2.40. The minimum Gasteiger partial charge on any atom is -0.461 e. The number of nitrogens with zero attached hydrogens (tertiary/aromatic N) is 1. The summed E-state index contributed by atoms with van der Waals surface area (Å²) in [7, 11) is -4.05. The van der Waals surface area contributed by atoms with E-state index in [1.54, 1.807) is 12.1 Å². The summed E-state index contributed by atoms with van der Waals surface area (Å²) in [4.78, 5) is 25.9. The molecule has 1 saturated carbocycles. The Morgan fingerprint density at radius 3 is 2.48 bits per heavy atom. The number of aryl methyl sites for hydroxylation is 1. The van der Waals surface area contributed by atoms with Crippen LogP contribution in [0.2, 0.25) is 0 Å². The molecule has 2 aromatic carbocycles. The highest BCUT2D eigenvalue weighted by Gasteiger charge is 2.49. The molecular formula is C24H27NO5S. The van der Waals surface area contributed by atoms with Gasteiger partial charge < -0.3 is 4.74 Å². The maximum atomic E-state index is 13.4. The van der Waals surface area contributed by atoms with E-state index in [1.807, 2.05) is 37.3 Å². The number of esters is 1. The Morgan fingerprint density at radius 2 is 1.77 bits per heavy atom. The summed E-state index contributed by atoms with van der Waals surface area (Å²) in [5, 5.41) is 0. The quantitative estimate of drug-likeness (QED) is 0.637. The molecule has 164 valence electrons. The second kappa shape index (κ2) is 8.83. The minimum absolute atomic E-state index is 0.0746. The fourth-order valence-corrected chi connectivity index (χ4v) is 6.36. The summed E-state index contributed by atoms with van der Waals surface area (Å²) in [5.74, 6) is -1.03. The van der Waals surface area contributed by atoms with Crippen LogP contribution in [-0.4, -0.2) is 30.6 Å². The van der Waals surface area contributed by atoms with E-state index in [2.05, 4.69) is 0 Å². The molecule has 1 heterocycles. The van der Waals surface area contributed by atoms with Crippen molar-refractivity contribution >= 4 is 21.9 Å². The highest BCUT2D eigenvalue weighted by molar-refractivity contribution is 7.89. The molecule has 6 nitrogen and oxygen atoms in total. The van der Waals surface area contributed by atoms with E-state index in [0.29, 0.717) is 12.8 Å². The predicted molar refractivity (Wildman–Crippen MR) is 115 cm³/mol. The first kappa shape index (κ1) is 21.6. The van der Waals surface area contributed by atoms with Crippen molar-refractivity contribution in [1.29, 1.82) is 0 Å². The van der Waals surface area contributed by atoms with E-state index < -0.39 is 22.0 Å². The van der Waals surface area contributed by atoms with Crippen molar-refractivity contribution in [3.63, 3.8) is 0 Å².